The molecule has 0 spiro atoms. The summed E-state index contributed by atoms with van der Waals surface area (Å²) in [4.78, 5) is 12.3. The molecule has 0 saturated heterocycles. The molecule has 146 valence electrons. The number of aliphatic hydroxyl groups excluding tert-OH is 1. The van der Waals surface area contributed by atoms with Gasteiger partial charge in [-0.2, -0.15) is 0 Å². The van der Waals surface area contributed by atoms with Gasteiger partial charge in [0.15, 0.2) is 0 Å². The molecule has 2 rings (SSSR count). The van der Waals surface area contributed by atoms with E-state index in [2.05, 4.69) is 0 Å². The van der Waals surface area contributed by atoms with Crippen molar-refractivity contribution in [2.75, 3.05) is 24.4 Å². The Labute approximate surface area is 160 Å². The molecule has 0 amide bonds. The van der Waals surface area contributed by atoms with E-state index in [-0.39, 0.29) is 24.9 Å². The second-order valence-electron chi connectivity index (χ2n) is 6.73. The Balaban J connectivity index is 2.57. The third-order valence-corrected chi connectivity index (χ3v) is 4.91. The Bertz CT molecular complexity index is 819. The number of nitrogens with zero attached hydrogens (tertiary/aromatic N) is 1. The van der Waals surface area contributed by atoms with Gasteiger partial charge in [0.05, 0.1) is 31.0 Å². The second kappa shape index (κ2) is 8.88. The highest BCUT2D eigenvalue weighted by molar-refractivity contribution is 5.75. The first-order chi connectivity index (χ1) is 12.8. The van der Waals surface area contributed by atoms with Crippen LogP contribution in [0.5, 0.6) is 0 Å². The van der Waals surface area contributed by atoms with Crippen molar-refractivity contribution in [2.24, 2.45) is 5.84 Å². The maximum atomic E-state index is 12.3. The summed E-state index contributed by atoms with van der Waals surface area (Å²) in [5.74, 6) is 5.35. The van der Waals surface area contributed by atoms with E-state index >= 15 is 0 Å². The Kier molecular flexibility index (Phi) is 6.82. The summed E-state index contributed by atoms with van der Waals surface area (Å²) in [6, 6.07) is 9.69. The zero-order chi connectivity index (χ0) is 20.1. The van der Waals surface area contributed by atoms with Crippen molar-refractivity contribution in [1.29, 1.82) is 0 Å². The summed E-state index contributed by atoms with van der Waals surface area (Å²) in [6.07, 6.45) is 0.194. The number of hydrogen-bond acceptors (Lipinski definition) is 6. The number of benzene rings is 2. The van der Waals surface area contributed by atoms with Crippen LogP contribution in [0.2, 0.25) is 0 Å². The van der Waals surface area contributed by atoms with Crippen LogP contribution in [0.3, 0.4) is 0 Å². The second-order valence-corrected chi connectivity index (χ2v) is 6.73. The third-order valence-electron chi connectivity index (χ3n) is 4.91. The van der Waals surface area contributed by atoms with Gasteiger partial charge in [-0.3, -0.25) is 4.79 Å². The van der Waals surface area contributed by atoms with Gasteiger partial charge in [-0.25, -0.2) is 5.84 Å². The van der Waals surface area contributed by atoms with Crippen LogP contribution in [-0.2, 0) is 16.1 Å². The lowest BCUT2D eigenvalue weighted by atomic mass is 9.84. The zero-order valence-corrected chi connectivity index (χ0v) is 16.5. The number of anilines is 2. The molecule has 0 aliphatic carbocycles. The molecule has 2 aromatic rings. The van der Waals surface area contributed by atoms with E-state index < -0.39 is 0 Å². The molecule has 5 N–H and O–H groups in total. The number of esters is 1. The molecule has 27 heavy (non-hydrogen) atoms. The number of carbonyl (C=O) groups is 1. The van der Waals surface area contributed by atoms with E-state index in [1.807, 2.05) is 44.2 Å². The summed E-state index contributed by atoms with van der Waals surface area (Å²) in [6.45, 7) is 5.95. The predicted octanol–water partition coefficient (Wildman–Crippen LogP) is 2.77. The third kappa shape index (κ3) is 4.59. The van der Waals surface area contributed by atoms with Crippen molar-refractivity contribution >= 4 is 17.3 Å². The van der Waals surface area contributed by atoms with Crippen molar-refractivity contribution in [2.45, 2.75) is 39.7 Å². The standard InChI is InChI=1S/C21H29N3O3/c1-5-27-20(26)11-18(15-7-6-13(2)16(10-15)12-25)17-8-9-19(24(4)23)21(22)14(17)3/h6-10,18,25H,5,11-12,22-23H2,1-4H3. The Morgan fingerprint density at radius 2 is 1.96 bits per heavy atom. The quantitative estimate of drug-likeness (QED) is 0.299. The maximum Gasteiger partial charge on any atom is 0.306 e. The highest BCUT2D eigenvalue weighted by atomic mass is 16.5. The number of ether oxygens (including phenoxy) is 1. The molecule has 0 saturated carbocycles. The van der Waals surface area contributed by atoms with Gasteiger partial charge >= 0.3 is 5.97 Å². The number of rotatable bonds is 7. The molecule has 6 nitrogen and oxygen atoms in total. The molecule has 1 atom stereocenters. The molecule has 0 radical (unpaired) electrons. The predicted molar refractivity (Wildman–Crippen MR) is 108 cm³/mol. The number of carbonyl (C=O) groups excluding carboxylic acids is 1. The highest BCUT2D eigenvalue weighted by Crippen LogP contribution is 2.37. The average molecular weight is 371 g/mol. The Hall–Kier alpha value is -2.57. The monoisotopic (exact) mass is 371 g/mol. The first-order valence-corrected chi connectivity index (χ1v) is 9.03. The van der Waals surface area contributed by atoms with Crippen LogP contribution >= 0.6 is 0 Å². The molecule has 6 heteroatoms. The van der Waals surface area contributed by atoms with Crippen LogP contribution in [0.25, 0.3) is 0 Å². The molecular weight excluding hydrogens is 342 g/mol. The molecule has 2 aromatic carbocycles. The van der Waals surface area contributed by atoms with Crippen LogP contribution in [0.15, 0.2) is 30.3 Å². The SMILES string of the molecule is CCOC(=O)CC(c1ccc(C)c(CO)c1)c1ccc(N(C)N)c(N)c1C. The highest BCUT2D eigenvalue weighted by Gasteiger charge is 2.23. The Morgan fingerprint density at radius 1 is 1.26 bits per heavy atom. The van der Waals surface area contributed by atoms with Gasteiger partial charge < -0.3 is 20.6 Å². The fourth-order valence-corrected chi connectivity index (χ4v) is 3.29. The van der Waals surface area contributed by atoms with Gasteiger partial charge in [-0.1, -0.05) is 24.3 Å². The molecule has 0 aliphatic rings. The number of hydrogen-bond donors (Lipinski definition) is 3. The number of hydrazine groups is 1. The fourth-order valence-electron chi connectivity index (χ4n) is 3.29. The zero-order valence-electron chi connectivity index (χ0n) is 16.5. The molecule has 0 aromatic heterocycles. The topological polar surface area (TPSA) is 102 Å². The van der Waals surface area contributed by atoms with Gasteiger partial charge in [0.2, 0.25) is 0 Å². The van der Waals surface area contributed by atoms with Gasteiger partial charge in [-0.05, 0) is 54.7 Å². The summed E-state index contributed by atoms with van der Waals surface area (Å²) in [5.41, 5.74) is 12.2. The van der Waals surface area contributed by atoms with Gasteiger partial charge in [0.25, 0.3) is 0 Å². The smallest absolute Gasteiger partial charge is 0.306 e. The lowest BCUT2D eigenvalue weighted by Crippen LogP contribution is -2.26. The molecule has 0 aliphatic heterocycles. The van der Waals surface area contributed by atoms with Crippen LogP contribution in [0, 0.1) is 13.8 Å². The summed E-state index contributed by atoms with van der Waals surface area (Å²) in [5, 5.41) is 11.1. The first-order valence-electron chi connectivity index (χ1n) is 9.03. The van der Waals surface area contributed by atoms with Crippen LogP contribution in [-0.4, -0.2) is 24.7 Å². The van der Waals surface area contributed by atoms with Crippen molar-refractivity contribution in [3.63, 3.8) is 0 Å². The van der Waals surface area contributed by atoms with Crippen molar-refractivity contribution in [3.8, 4) is 0 Å². The molecular formula is C21H29N3O3. The van der Waals surface area contributed by atoms with E-state index in [0.29, 0.717) is 12.3 Å². The largest absolute Gasteiger partial charge is 0.466 e. The van der Waals surface area contributed by atoms with E-state index in [1.54, 1.807) is 14.0 Å². The minimum Gasteiger partial charge on any atom is -0.466 e. The maximum absolute atomic E-state index is 12.3. The van der Waals surface area contributed by atoms with E-state index in [0.717, 1.165) is 33.5 Å². The molecule has 0 bridgehead atoms. The summed E-state index contributed by atoms with van der Waals surface area (Å²) < 4.78 is 5.18. The minimum atomic E-state index is -0.272. The Morgan fingerprint density at radius 3 is 2.56 bits per heavy atom. The lowest BCUT2D eigenvalue weighted by Gasteiger charge is -2.24. The molecule has 0 heterocycles. The van der Waals surface area contributed by atoms with Crippen molar-refractivity contribution < 1.29 is 14.6 Å². The minimum absolute atomic E-state index is 0.0518. The van der Waals surface area contributed by atoms with E-state index in [4.69, 9.17) is 16.3 Å². The van der Waals surface area contributed by atoms with Gasteiger partial charge in [0.1, 0.15) is 0 Å². The van der Waals surface area contributed by atoms with Crippen LogP contribution in [0.1, 0.15) is 47.1 Å². The van der Waals surface area contributed by atoms with Crippen molar-refractivity contribution in [1.82, 2.24) is 0 Å². The fraction of sp³-hybridized carbons (Fsp3) is 0.381. The lowest BCUT2D eigenvalue weighted by molar-refractivity contribution is -0.143. The number of nitrogen functional groups attached to an aromatic ring is 1. The molecule has 0 fully saturated rings. The van der Waals surface area contributed by atoms with E-state index in [9.17, 15) is 9.90 Å². The molecule has 1 unspecified atom stereocenters. The normalized spacial score (nSPS) is 11.9. The first kappa shape index (κ1) is 20.7. The average Bonchev–Trinajstić information content (AvgIpc) is 2.63. The number of aliphatic hydroxyl groups is 1. The summed E-state index contributed by atoms with van der Waals surface area (Å²) >= 11 is 0. The van der Waals surface area contributed by atoms with Gasteiger partial charge in [0, 0.05) is 13.0 Å². The number of aryl methyl sites for hydroxylation is 1. The van der Waals surface area contributed by atoms with Crippen LogP contribution < -0.4 is 16.6 Å². The summed E-state index contributed by atoms with van der Waals surface area (Å²) in [7, 11) is 1.73. The van der Waals surface area contributed by atoms with Gasteiger partial charge in [-0.15, -0.1) is 0 Å². The number of nitrogens with two attached hydrogens (primary N) is 2. The van der Waals surface area contributed by atoms with Crippen molar-refractivity contribution in [3.05, 3.63) is 58.1 Å². The van der Waals surface area contributed by atoms with E-state index in [1.165, 1.54) is 5.01 Å². The van der Waals surface area contributed by atoms with Crippen LogP contribution in [0.4, 0.5) is 11.4 Å².